The van der Waals surface area contributed by atoms with Crippen LogP contribution in [0.5, 0.6) is 0 Å². The molecule has 30 heavy (non-hydrogen) atoms. The van der Waals surface area contributed by atoms with E-state index in [-0.39, 0.29) is 18.4 Å². The summed E-state index contributed by atoms with van der Waals surface area (Å²) in [6.45, 7) is 6.49. The Kier molecular flexibility index (Phi) is 9.35. The number of rotatable bonds is 10. The molecule has 2 aromatic carbocycles. The summed E-state index contributed by atoms with van der Waals surface area (Å²) < 4.78 is 0. The van der Waals surface area contributed by atoms with E-state index in [0.717, 1.165) is 17.7 Å². The van der Waals surface area contributed by atoms with Gasteiger partial charge in [-0.3, -0.25) is 9.69 Å². The lowest BCUT2D eigenvalue weighted by Crippen LogP contribution is -2.38. The normalized spacial score (nSPS) is 10.9. The number of benzene rings is 2. The molecule has 162 valence electrons. The summed E-state index contributed by atoms with van der Waals surface area (Å²) in [5.41, 5.74) is 3.39. The minimum Gasteiger partial charge on any atom is -0.352 e. The van der Waals surface area contributed by atoms with Gasteiger partial charge in [-0.05, 0) is 37.6 Å². The zero-order valence-corrected chi connectivity index (χ0v) is 18.5. The van der Waals surface area contributed by atoms with Gasteiger partial charge in [-0.2, -0.15) is 0 Å². The highest BCUT2D eigenvalue weighted by atomic mass is 16.2. The second-order valence-corrected chi connectivity index (χ2v) is 7.88. The summed E-state index contributed by atoms with van der Waals surface area (Å²) in [5.74, 6) is -0.0759. The monoisotopic (exact) mass is 410 g/mol. The molecule has 0 aliphatic carbocycles. The summed E-state index contributed by atoms with van der Waals surface area (Å²) in [6.07, 6.45) is 0.249. The molecule has 0 fully saturated rings. The van der Waals surface area contributed by atoms with Crippen LogP contribution in [0.2, 0.25) is 0 Å². The molecular weight excluding hydrogens is 376 g/mol. The Morgan fingerprint density at radius 1 is 0.867 bits per heavy atom. The Morgan fingerprint density at radius 3 is 2.17 bits per heavy atom. The average molecular weight is 411 g/mol. The minimum absolute atomic E-state index is 0.0759. The molecule has 0 saturated carbocycles. The van der Waals surface area contributed by atoms with Crippen molar-refractivity contribution in [3.8, 4) is 0 Å². The van der Waals surface area contributed by atoms with E-state index in [1.807, 2.05) is 48.5 Å². The third-order valence-corrected chi connectivity index (χ3v) is 5.13. The first-order chi connectivity index (χ1) is 14.4. The van der Waals surface area contributed by atoms with E-state index in [1.54, 1.807) is 11.9 Å². The van der Waals surface area contributed by atoms with Crippen molar-refractivity contribution in [3.05, 3.63) is 71.3 Å². The van der Waals surface area contributed by atoms with E-state index in [0.29, 0.717) is 25.7 Å². The number of hydrogen-bond acceptors (Lipinski definition) is 3. The number of nitrogens with one attached hydrogen (secondary N) is 2. The Bertz CT molecular complexity index is 808. The predicted octanol–water partition coefficient (Wildman–Crippen LogP) is 3.37. The first-order valence-corrected chi connectivity index (χ1v) is 10.4. The summed E-state index contributed by atoms with van der Waals surface area (Å²) >= 11 is 0. The number of nitrogens with zero attached hydrogens (tertiary/aromatic N) is 2. The van der Waals surface area contributed by atoms with Crippen molar-refractivity contribution in [2.24, 2.45) is 0 Å². The first-order valence-electron chi connectivity index (χ1n) is 10.4. The lowest BCUT2D eigenvalue weighted by molar-refractivity contribution is -0.121. The van der Waals surface area contributed by atoms with Gasteiger partial charge in [0, 0.05) is 45.7 Å². The summed E-state index contributed by atoms with van der Waals surface area (Å²) in [4.78, 5) is 28.3. The maximum atomic E-state index is 12.2. The van der Waals surface area contributed by atoms with Gasteiger partial charge in [0.15, 0.2) is 0 Å². The summed E-state index contributed by atoms with van der Waals surface area (Å²) in [5, 5.41) is 5.76. The molecule has 0 spiro atoms. The molecule has 0 saturated heterocycles. The lowest BCUT2D eigenvalue weighted by atomic mass is 10.1. The summed E-state index contributed by atoms with van der Waals surface area (Å²) in [7, 11) is 3.84. The second-order valence-electron chi connectivity index (χ2n) is 7.88. The molecule has 0 aromatic heterocycles. The molecule has 0 radical (unpaired) electrons. The minimum atomic E-state index is -0.186. The third kappa shape index (κ3) is 7.87. The van der Waals surface area contributed by atoms with Crippen LogP contribution in [0.4, 0.5) is 4.79 Å². The highest BCUT2D eigenvalue weighted by Crippen LogP contribution is 2.12. The Hall–Kier alpha value is -2.86. The van der Waals surface area contributed by atoms with Crippen LogP contribution < -0.4 is 10.6 Å². The van der Waals surface area contributed by atoms with Crippen LogP contribution in [0.25, 0.3) is 0 Å². The Balaban J connectivity index is 1.73. The van der Waals surface area contributed by atoms with Crippen LogP contribution in [0.3, 0.4) is 0 Å². The van der Waals surface area contributed by atoms with Gasteiger partial charge in [0.05, 0.1) is 0 Å². The van der Waals surface area contributed by atoms with Crippen molar-refractivity contribution in [1.29, 1.82) is 0 Å². The molecule has 0 unspecified atom stereocenters. The fourth-order valence-corrected chi connectivity index (χ4v) is 2.96. The van der Waals surface area contributed by atoms with Crippen LogP contribution in [-0.2, 0) is 24.4 Å². The molecule has 0 bridgehead atoms. The van der Waals surface area contributed by atoms with Crippen LogP contribution in [0, 0.1) is 0 Å². The maximum Gasteiger partial charge on any atom is 0.317 e. The molecule has 2 aromatic rings. The van der Waals surface area contributed by atoms with Gasteiger partial charge in [-0.1, -0.05) is 54.6 Å². The van der Waals surface area contributed by atoms with E-state index in [2.05, 4.69) is 42.5 Å². The number of urea groups is 1. The van der Waals surface area contributed by atoms with Crippen LogP contribution in [-0.4, -0.2) is 48.4 Å². The van der Waals surface area contributed by atoms with Gasteiger partial charge < -0.3 is 15.5 Å². The second kappa shape index (κ2) is 12.0. The van der Waals surface area contributed by atoms with Crippen LogP contribution in [0.1, 0.15) is 37.0 Å². The molecule has 0 heterocycles. The van der Waals surface area contributed by atoms with E-state index >= 15 is 0 Å². The molecule has 0 aliphatic heterocycles. The Labute approximate surface area is 180 Å². The number of carbonyl (C=O) groups excluding carboxylic acids is 2. The molecule has 3 amide bonds. The number of carbonyl (C=O) groups is 2. The SMILES string of the molecule is CC(C)N(C)Cc1ccccc1CNC(=O)CCNC(=O)N(C)Cc1ccccc1. The molecule has 6 nitrogen and oxygen atoms in total. The number of hydrogen-bond donors (Lipinski definition) is 2. The predicted molar refractivity (Wildman–Crippen MR) is 121 cm³/mol. The molecule has 2 rings (SSSR count). The molecule has 0 atom stereocenters. The fraction of sp³-hybridized carbons (Fsp3) is 0.417. The van der Waals surface area contributed by atoms with Crippen LogP contribution >= 0.6 is 0 Å². The van der Waals surface area contributed by atoms with Crippen molar-refractivity contribution in [1.82, 2.24) is 20.4 Å². The standard InChI is InChI=1S/C24H34N4O2/c1-19(2)27(3)18-22-13-9-8-12-21(22)16-26-23(29)14-15-25-24(30)28(4)17-20-10-6-5-7-11-20/h5-13,19H,14-18H2,1-4H3,(H,25,30)(H,26,29). The van der Waals surface area contributed by atoms with Crippen molar-refractivity contribution in [2.45, 2.75) is 45.9 Å². The lowest BCUT2D eigenvalue weighted by Gasteiger charge is -2.22. The fourth-order valence-electron chi connectivity index (χ4n) is 2.96. The van der Waals surface area contributed by atoms with Crippen LogP contribution in [0.15, 0.2) is 54.6 Å². The Morgan fingerprint density at radius 2 is 1.50 bits per heavy atom. The van der Waals surface area contributed by atoms with Crippen molar-refractivity contribution < 1.29 is 9.59 Å². The van der Waals surface area contributed by atoms with Gasteiger partial charge in [-0.25, -0.2) is 4.79 Å². The maximum absolute atomic E-state index is 12.2. The van der Waals surface area contributed by atoms with Crippen molar-refractivity contribution >= 4 is 11.9 Å². The first kappa shape index (κ1) is 23.4. The topological polar surface area (TPSA) is 64.7 Å². The summed E-state index contributed by atoms with van der Waals surface area (Å²) in [6, 6.07) is 18.2. The molecule has 2 N–H and O–H groups in total. The smallest absolute Gasteiger partial charge is 0.317 e. The van der Waals surface area contributed by atoms with Gasteiger partial charge in [0.2, 0.25) is 5.91 Å². The molecule has 0 aliphatic rings. The zero-order valence-electron chi connectivity index (χ0n) is 18.5. The quantitative estimate of drug-likeness (QED) is 0.631. The van der Waals surface area contributed by atoms with E-state index in [1.165, 1.54) is 5.56 Å². The van der Waals surface area contributed by atoms with Gasteiger partial charge in [0.1, 0.15) is 0 Å². The van der Waals surface area contributed by atoms with Gasteiger partial charge in [-0.15, -0.1) is 0 Å². The third-order valence-electron chi connectivity index (χ3n) is 5.13. The van der Waals surface area contributed by atoms with Gasteiger partial charge in [0.25, 0.3) is 0 Å². The number of amides is 3. The van der Waals surface area contributed by atoms with Crippen molar-refractivity contribution in [2.75, 3.05) is 20.6 Å². The molecule has 6 heteroatoms. The van der Waals surface area contributed by atoms with E-state index in [4.69, 9.17) is 0 Å². The highest BCUT2D eigenvalue weighted by Gasteiger charge is 2.11. The van der Waals surface area contributed by atoms with E-state index in [9.17, 15) is 9.59 Å². The highest BCUT2D eigenvalue weighted by molar-refractivity contribution is 5.78. The van der Waals surface area contributed by atoms with Crippen molar-refractivity contribution in [3.63, 3.8) is 0 Å². The molecular formula is C24H34N4O2. The van der Waals surface area contributed by atoms with Gasteiger partial charge >= 0.3 is 6.03 Å². The average Bonchev–Trinajstić information content (AvgIpc) is 2.73. The largest absolute Gasteiger partial charge is 0.352 e. The zero-order chi connectivity index (χ0) is 21.9. The van der Waals surface area contributed by atoms with E-state index < -0.39 is 0 Å².